The molecule has 2 rings (SSSR count). The van der Waals surface area contributed by atoms with Crippen LogP contribution >= 0.6 is 0 Å². The van der Waals surface area contributed by atoms with Crippen molar-refractivity contribution in [1.29, 1.82) is 0 Å². The summed E-state index contributed by atoms with van der Waals surface area (Å²) >= 11 is 0. The van der Waals surface area contributed by atoms with Gasteiger partial charge in [-0.2, -0.15) is 0 Å². The van der Waals surface area contributed by atoms with Crippen molar-refractivity contribution in [3.63, 3.8) is 0 Å². The molecule has 0 aromatic heterocycles. The Morgan fingerprint density at radius 1 is 1.26 bits per heavy atom. The summed E-state index contributed by atoms with van der Waals surface area (Å²) in [5.41, 5.74) is 2.41. The first-order valence-corrected chi connectivity index (χ1v) is 7.16. The topological polar surface area (TPSA) is 26.3 Å². The average molecular weight is 260 g/mol. The van der Waals surface area contributed by atoms with Crippen LogP contribution in [0.4, 0.5) is 0 Å². The summed E-state index contributed by atoms with van der Waals surface area (Å²) in [6, 6.07) is 6.07. The van der Waals surface area contributed by atoms with Gasteiger partial charge in [-0.15, -0.1) is 0 Å². The van der Waals surface area contributed by atoms with Gasteiger partial charge in [0.2, 0.25) is 0 Å². The Balaban J connectivity index is 2.33. The predicted molar refractivity (Wildman–Crippen MR) is 77.6 cm³/mol. The van der Waals surface area contributed by atoms with Gasteiger partial charge in [-0.25, -0.2) is 0 Å². The molecule has 0 bridgehead atoms. The van der Waals surface area contributed by atoms with E-state index < -0.39 is 5.60 Å². The number of Topliss-reactive ketones (excluding diaryl/α,β-unsaturated/α-hetero) is 1. The third kappa shape index (κ3) is 2.74. The number of rotatable bonds is 3. The van der Waals surface area contributed by atoms with Crippen LogP contribution in [0.15, 0.2) is 18.2 Å². The van der Waals surface area contributed by atoms with Gasteiger partial charge >= 0.3 is 0 Å². The van der Waals surface area contributed by atoms with Crippen LogP contribution < -0.4 is 0 Å². The first kappa shape index (κ1) is 14.3. The second-order valence-corrected chi connectivity index (χ2v) is 6.03. The number of methoxy groups -OCH3 is 1. The van der Waals surface area contributed by atoms with Gasteiger partial charge in [0.25, 0.3) is 0 Å². The number of aryl methyl sites for hydroxylation is 2. The summed E-state index contributed by atoms with van der Waals surface area (Å²) in [6.07, 6.45) is 3.84. The fourth-order valence-corrected chi connectivity index (χ4v) is 2.98. The third-order valence-corrected chi connectivity index (χ3v) is 4.52. The maximum Gasteiger partial charge on any atom is 0.194 e. The van der Waals surface area contributed by atoms with Crippen LogP contribution in [0.5, 0.6) is 0 Å². The van der Waals surface area contributed by atoms with Crippen molar-refractivity contribution in [3.05, 3.63) is 34.9 Å². The number of hydrogen-bond donors (Lipinski definition) is 0. The van der Waals surface area contributed by atoms with E-state index in [1.54, 1.807) is 7.11 Å². The fraction of sp³-hybridized carbons (Fsp3) is 0.588. The Morgan fingerprint density at radius 2 is 1.89 bits per heavy atom. The van der Waals surface area contributed by atoms with Crippen molar-refractivity contribution < 1.29 is 9.53 Å². The molecule has 0 N–H and O–H groups in total. The monoisotopic (exact) mass is 260 g/mol. The highest BCUT2D eigenvalue weighted by atomic mass is 16.5. The van der Waals surface area contributed by atoms with Crippen molar-refractivity contribution in [2.45, 2.75) is 52.1 Å². The number of benzene rings is 1. The van der Waals surface area contributed by atoms with Gasteiger partial charge in [0.05, 0.1) is 0 Å². The van der Waals surface area contributed by atoms with E-state index in [1.165, 1.54) is 0 Å². The summed E-state index contributed by atoms with van der Waals surface area (Å²) in [6.45, 7) is 6.28. The van der Waals surface area contributed by atoms with Crippen LogP contribution in [0.3, 0.4) is 0 Å². The van der Waals surface area contributed by atoms with Crippen LogP contribution in [0.25, 0.3) is 0 Å². The zero-order valence-corrected chi connectivity index (χ0v) is 12.5. The van der Waals surface area contributed by atoms with Gasteiger partial charge < -0.3 is 4.74 Å². The van der Waals surface area contributed by atoms with Crippen LogP contribution in [0.1, 0.15) is 54.1 Å². The minimum Gasteiger partial charge on any atom is -0.370 e. The lowest BCUT2D eigenvalue weighted by Gasteiger charge is -2.37. The van der Waals surface area contributed by atoms with E-state index >= 15 is 0 Å². The van der Waals surface area contributed by atoms with Crippen molar-refractivity contribution >= 4 is 5.78 Å². The molecule has 0 saturated heterocycles. The van der Waals surface area contributed by atoms with E-state index in [0.717, 1.165) is 42.4 Å². The molecule has 19 heavy (non-hydrogen) atoms. The Bertz CT molecular complexity index is 468. The molecule has 0 heterocycles. The van der Waals surface area contributed by atoms with Gasteiger partial charge in [0, 0.05) is 12.7 Å². The molecule has 0 radical (unpaired) electrons. The lowest BCUT2D eigenvalue weighted by molar-refractivity contribution is -0.0263. The standard InChI is InChI=1S/C17H24O2/c1-12-7-9-17(19-4,10-8-12)16(18)15-11-13(2)5-6-14(15)3/h5-6,11-12H,7-10H2,1-4H3. The van der Waals surface area contributed by atoms with E-state index in [9.17, 15) is 4.79 Å². The van der Waals surface area contributed by atoms with Gasteiger partial charge in [-0.05, 0) is 57.1 Å². The van der Waals surface area contributed by atoms with Crippen molar-refractivity contribution in [1.82, 2.24) is 0 Å². The quantitative estimate of drug-likeness (QED) is 0.765. The SMILES string of the molecule is COC1(C(=O)c2cc(C)ccc2C)CCC(C)CC1. The maximum atomic E-state index is 12.9. The fourth-order valence-electron chi connectivity index (χ4n) is 2.98. The largest absolute Gasteiger partial charge is 0.370 e. The molecule has 0 spiro atoms. The Kier molecular flexibility index (Phi) is 4.10. The second kappa shape index (κ2) is 5.46. The van der Waals surface area contributed by atoms with Crippen molar-refractivity contribution in [2.75, 3.05) is 7.11 Å². The Morgan fingerprint density at radius 3 is 2.47 bits per heavy atom. The van der Waals surface area contributed by atoms with Crippen LogP contribution in [0.2, 0.25) is 0 Å². The molecule has 2 nitrogen and oxygen atoms in total. The lowest BCUT2D eigenvalue weighted by Crippen LogP contribution is -2.44. The van der Waals surface area contributed by atoms with E-state index in [2.05, 4.69) is 13.0 Å². The Labute approximate surface area is 116 Å². The molecule has 104 valence electrons. The normalized spacial score (nSPS) is 27.3. The van der Waals surface area contributed by atoms with Gasteiger partial charge in [-0.3, -0.25) is 4.79 Å². The number of ketones is 1. The highest BCUT2D eigenvalue weighted by Gasteiger charge is 2.41. The van der Waals surface area contributed by atoms with E-state index in [0.29, 0.717) is 5.92 Å². The minimum absolute atomic E-state index is 0.170. The molecule has 0 atom stereocenters. The minimum atomic E-state index is -0.592. The van der Waals surface area contributed by atoms with Gasteiger partial charge in [0.1, 0.15) is 5.60 Å². The number of ether oxygens (including phenoxy) is 1. The predicted octanol–water partition coefficient (Wildman–Crippen LogP) is 4.08. The Hall–Kier alpha value is -1.15. The van der Waals surface area contributed by atoms with Crippen LogP contribution in [0, 0.1) is 19.8 Å². The number of carbonyl (C=O) groups is 1. The lowest BCUT2D eigenvalue weighted by atomic mass is 9.75. The van der Waals surface area contributed by atoms with Crippen molar-refractivity contribution in [2.24, 2.45) is 5.92 Å². The maximum absolute atomic E-state index is 12.9. The molecule has 0 amide bonds. The molecular weight excluding hydrogens is 236 g/mol. The van der Waals surface area contributed by atoms with Crippen LogP contribution in [-0.2, 0) is 4.74 Å². The molecule has 2 heteroatoms. The molecule has 0 unspecified atom stereocenters. The third-order valence-electron chi connectivity index (χ3n) is 4.52. The average Bonchev–Trinajstić information content (AvgIpc) is 2.42. The summed E-state index contributed by atoms with van der Waals surface area (Å²) < 4.78 is 5.69. The molecule has 1 fully saturated rings. The summed E-state index contributed by atoms with van der Waals surface area (Å²) in [5.74, 6) is 0.873. The van der Waals surface area contributed by atoms with Crippen molar-refractivity contribution in [3.8, 4) is 0 Å². The van der Waals surface area contributed by atoms with Gasteiger partial charge in [0.15, 0.2) is 5.78 Å². The second-order valence-electron chi connectivity index (χ2n) is 6.03. The van der Waals surface area contributed by atoms with E-state index in [-0.39, 0.29) is 5.78 Å². The molecule has 1 aliphatic rings. The van der Waals surface area contributed by atoms with E-state index in [1.807, 2.05) is 26.0 Å². The van der Waals surface area contributed by atoms with Gasteiger partial charge in [-0.1, -0.05) is 24.6 Å². The number of carbonyl (C=O) groups excluding carboxylic acids is 1. The molecule has 1 aliphatic carbocycles. The highest BCUT2D eigenvalue weighted by Crippen LogP contribution is 2.37. The molecule has 1 saturated carbocycles. The molecular formula is C17H24O2. The summed E-state index contributed by atoms with van der Waals surface area (Å²) in [7, 11) is 1.68. The van der Waals surface area contributed by atoms with Crippen LogP contribution in [-0.4, -0.2) is 18.5 Å². The summed E-state index contributed by atoms with van der Waals surface area (Å²) in [4.78, 5) is 12.9. The smallest absolute Gasteiger partial charge is 0.194 e. The first-order valence-electron chi connectivity index (χ1n) is 7.16. The zero-order chi connectivity index (χ0) is 14.0. The first-order chi connectivity index (χ1) is 8.98. The molecule has 1 aromatic carbocycles. The number of hydrogen-bond acceptors (Lipinski definition) is 2. The summed E-state index contributed by atoms with van der Waals surface area (Å²) in [5, 5.41) is 0. The molecule has 1 aromatic rings. The highest BCUT2D eigenvalue weighted by molar-refractivity contribution is 6.03. The zero-order valence-electron chi connectivity index (χ0n) is 12.5. The van der Waals surface area contributed by atoms with E-state index in [4.69, 9.17) is 4.74 Å². The molecule has 0 aliphatic heterocycles.